The summed E-state index contributed by atoms with van der Waals surface area (Å²) in [6.07, 6.45) is 6.01. The average Bonchev–Trinajstić information content (AvgIpc) is 2.28. The second-order valence-corrected chi connectivity index (χ2v) is 3.35. The first-order valence-corrected chi connectivity index (χ1v) is 5.44. The van der Waals surface area contributed by atoms with Crippen LogP contribution in [0.1, 0.15) is 39.2 Å². The van der Waals surface area contributed by atoms with Crippen LogP contribution >= 0.6 is 0 Å². The van der Waals surface area contributed by atoms with Crippen LogP contribution in [-0.2, 0) is 4.79 Å². The van der Waals surface area contributed by atoms with Crippen LogP contribution in [0.25, 0.3) is 6.08 Å². The third kappa shape index (κ3) is 8.95. The van der Waals surface area contributed by atoms with Gasteiger partial charge in [-0.1, -0.05) is 63.1 Å². The summed E-state index contributed by atoms with van der Waals surface area (Å²) in [6, 6.07) is 9.75. The molecule has 0 N–H and O–H groups in total. The van der Waals surface area contributed by atoms with Crippen LogP contribution < -0.4 is 0 Å². The van der Waals surface area contributed by atoms with E-state index in [9.17, 15) is 4.79 Å². The molecule has 1 aromatic rings. The van der Waals surface area contributed by atoms with Crippen molar-refractivity contribution in [3.05, 3.63) is 42.0 Å². The van der Waals surface area contributed by atoms with Crippen LogP contribution in [0.15, 0.2) is 36.4 Å². The van der Waals surface area contributed by atoms with E-state index < -0.39 is 0 Å². The van der Waals surface area contributed by atoms with Crippen LogP contribution in [0.2, 0.25) is 0 Å². The summed E-state index contributed by atoms with van der Waals surface area (Å²) in [6.45, 7) is 5.90. The van der Waals surface area contributed by atoms with Gasteiger partial charge < -0.3 is 0 Å². The highest BCUT2D eigenvalue weighted by Gasteiger charge is 1.83. The van der Waals surface area contributed by atoms with E-state index in [0.717, 1.165) is 5.56 Å². The van der Waals surface area contributed by atoms with Crippen LogP contribution in [0.5, 0.6) is 0 Å². The number of unbranched alkanes of at least 4 members (excludes halogenated alkanes) is 1. The summed E-state index contributed by atoms with van der Waals surface area (Å²) in [5, 5.41) is 0. The average molecular weight is 204 g/mol. The van der Waals surface area contributed by atoms with Crippen molar-refractivity contribution in [2.45, 2.75) is 33.6 Å². The zero-order valence-electron chi connectivity index (χ0n) is 9.86. The Bertz CT molecular complexity index is 283. The molecule has 0 spiro atoms. The lowest BCUT2D eigenvalue weighted by atomic mass is 10.2. The van der Waals surface area contributed by atoms with Crippen LogP contribution in [0, 0.1) is 0 Å². The molecule has 0 amide bonds. The van der Waals surface area contributed by atoms with E-state index in [1.54, 1.807) is 13.0 Å². The van der Waals surface area contributed by atoms with E-state index in [4.69, 9.17) is 0 Å². The molecule has 0 aliphatic rings. The van der Waals surface area contributed by atoms with Gasteiger partial charge in [0.1, 0.15) is 0 Å². The lowest BCUT2D eigenvalue weighted by Crippen LogP contribution is -1.79. The van der Waals surface area contributed by atoms with Crippen molar-refractivity contribution in [2.75, 3.05) is 0 Å². The molecule has 0 aliphatic heterocycles. The lowest BCUT2D eigenvalue weighted by molar-refractivity contribution is -0.112. The van der Waals surface area contributed by atoms with E-state index in [1.165, 1.54) is 12.8 Å². The Kier molecular flexibility index (Phi) is 8.36. The summed E-state index contributed by atoms with van der Waals surface area (Å²) < 4.78 is 0. The van der Waals surface area contributed by atoms with E-state index in [2.05, 4.69) is 13.8 Å². The molecule has 0 fully saturated rings. The lowest BCUT2D eigenvalue weighted by Gasteiger charge is -1.88. The van der Waals surface area contributed by atoms with E-state index in [-0.39, 0.29) is 5.78 Å². The summed E-state index contributed by atoms with van der Waals surface area (Å²) in [5.74, 6) is 0.0776. The fraction of sp³-hybridized carbons (Fsp3) is 0.357. The third-order valence-electron chi connectivity index (χ3n) is 1.81. The molecule has 0 saturated carbocycles. The Morgan fingerprint density at radius 1 is 1.13 bits per heavy atom. The molecule has 0 bridgehead atoms. The smallest absolute Gasteiger partial charge is 0.152 e. The monoisotopic (exact) mass is 204 g/mol. The SMILES string of the molecule is CC(=O)/C=C/c1ccccc1.CCCC. The third-order valence-corrected chi connectivity index (χ3v) is 1.81. The summed E-state index contributed by atoms with van der Waals surface area (Å²) in [4.78, 5) is 10.5. The van der Waals surface area contributed by atoms with Gasteiger partial charge in [0.25, 0.3) is 0 Å². The van der Waals surface area contributed by atoms with Crippen LogP contribution in [-0.4, -0.2) is 5.78 Å². The molecule has 1 heteroatoms. The molecule has 0 heterocycles. The predicted octanol–water partition coefficient (Wildman–Crippen LogP) is 4.10. The maximum atomic E-state index is 10.5. The molecule has 0 unspecified atom stereocenters. The van der Waals surface area contributed by atoms with Gasteiger partial charge in [0.2, 0.25) is 0 Å². The highest BCUT2D eigenvalue weighted by Crippen LogP contribution is 2.00. The Morgan fingerprint density at radius 2 is 1.67 bits per heavy atom. The topological polar surface area (TPSA) is 17.1 Å². The number of hydrogen-bond donors (Lipinski definition) is 0. The van der Waals surface area contributed by atoms with Crippen molar-refractivity contribution < 1.29 is 4.79 Å². The van der Waals surface area contributed by atoms with Gasteiger partial charge in [0, 0.05) is 0 Å². The zero-order chi connectivity index (χ0) is 11.5. The van der Waals surface area contributed by atoms with Gasteiger partial charge in [-0.15, -0.1) is 0 Å². The molecule has 1 nitrogen and oxygen atoms in total. The molecule has 1 aromatic carbocycles. The van der Waals surface area contributed by atoms with Gasteiger partial charge in [-0.25, -0.2) is 0 Å². The molecule has 82 valence electrons. The largest absolute Gasteiger partial charge is 0.295 e. The van der Waals surface area contributed by atoms with E-state index in [1.807, 2.05) is 36.4 Å². The van der Waals surface area contributed by atoms with Crippen molar-refractivity contribution in [3.8, 4) is 0 Å². The second kappa shape index (κ2) is 9.20. The van der Waals surface area contributed by atoms with Crippen molar-refractivity contribution in [1.29, 1.82) is 0 Å². The molecule has 15 heavy (non-hydrogen) atoms. The fourth-order valence-electron chi connectivity index (χ4n) is 0.778. The number of rotatable bonds is 3. The first-order valence-electron chi connectivity index (χ1n) is 5.44. The number of ketones is 1. The first-order chi connectivity index (χ1) is 7.20. The fourth-order valence-corrected chi connectivity index (χ4v) is 0.778. The van der Waals surface area contributed by atoms with Crippen molar-refractivity contribution in [2.24, 2.45) is 0 Å². The Labute approximate surface area is 92.8 Å². The Morgan fingerprint density at radius 3 is 2.07 bits per heavy atom. The van der Waals surface area contributed by atoms with Crippen LogP contribution in [0.3, 0.4) is 0 Å². The Hall–Kier alpha value is -1.37. The van der Waals surface area contributed by atoms with Gasteiger partial charge in [0.05, 0.1) is 0 Å². The first kappa shape index (κ1) is 13.6. The number of carbonyl (C=O) groups excluding carboxylic acids is 1. The minimum Gasteiger partial charge on any atom is -0.295 e. The van der Waals surface area contributed by atoms with Crippen molar-refractivity contribution in [3.63, 3.8) is 0 Å². The molecular formula is C14H20O. The van der Waals surface area contributed by atoms with Crippen molar-refractivity contribution >= 4 is 11.9 Å². The normalized spacial score (nSPS) is 9.53. The number of carbonyl (C=O) groups is 1. The van der Waals surface area contributed by atoms with Crippen LogP contribution in [0.4, 0.5) is 0 Å². The molecule has 0 radical (unpaired) electrons. The Balaban J connectivity index is 0.000000423. The standard InChI is InChI=1S/C10H10O.C4H10/c1-9(11)7-8-10-5-3-2-4-6-10;1-3-4-2/h2-8H,1H3;3-4H2,1-2H3/b8-7+;. The number of benzene rings is 1. The zero-order valence-corrected chi connectivity index (χ0v) is 9.86. The highest BCUT2D eigenvalue weighted by atomic mass is 16.1. The minimum atomic E-state index is 0.0776. The predicted molar refractivity (Wildman–Crippen MR) is 66.7 cm³/mol. The summed E-state index contributed by atoms with van der Waals surface area (Å²) in [5.41, 5.74) is 1.06. The van der Waals surface area contributed by atoms with Gasteiger partial charge in [-0.2, -0.15) is 0 Å². The van der Waals surface area contributed by atoms with Crippen molar-refractivity contribution in [1.82, 2.24) is 0 Å². The summed E-state index contributed by atoms with van der Waals surface area (Å²) >= 11 is 0. The second-order valence-electron chi connectivity index (χ2n) is 3.35. The molecular weight excluding hydrogens is 184 g/mol. The highest BCUT2D eigenvalue weighted by molar-refractivity contribution is 5.91. The molecule has 0 aromatic heterocycles. The molecule has 0 aliphatic carbocycles. The molecule has 0 atom stereocenters. The van der Waals surface area contributed by atoms with Gasteiger partial charge >= 0.3 is 0 Å². The quantitative estimate of drug-likeness (QED) is 0.677. The van der Waals surface area contributed by atoms with Gasteiger partial charge in [-0.05, 0) is 18.6 Å². The van der Waals surface area contributed by atoms with Gasteiger partial charge in [0.15, 0.2) is 5.78 Å². The van der Waals surface area contributed by atoms with Gasteiger partial charge in [-0.3, -0.25) is 4.79 Å². The van der Waals surface area contributed by atoms with E-state index >= 15 is 0 Å². The molecule has 1 rings (SSSR count). The molecule has 0 saturated heterocycles. The number of allylic oxidation sites excluding steroid dienone is 1. The maximum Gasteiger partial charge on any atom is 0.152 e. The minimum absolute atomic E-state index is 0.0776. The summed E-state index contributed by atoms with van der Waals surface area (Å²) in [7, 11) is 0. The number of hydrogen-bond acceptors (Lipinski definition) is 1. The van der Waals surface area contributed by atoms with E-state index in [0.29, 0.717) is 0 Å². The maximum absolute atomic E-state index is 10.5.